The second-order valence-electron chi connectivity index (χ2n) is 11.3. The van der Waals surface area contributed by atoms with Crippen LogP contribution in [0, 0.1) is 46.3 Å². The van der Waals surface area contributed by atoms with Crippen LogP contribution in [0.15, 0.2) is 0 Å². The van der Waals surface area contributed by atoms with Crippen molar-refractivity contribution in [2.24, 2.45) is 46.3 Å². The molecule has 0 amide bonds. The van der Waals surface area contributed by atoms with Crippen LogP contribution in [0.25, 0.3) is 0 Å². The number of hydrogen-bond acceptors (Lipinski definition) is 3. The van der Waals surface area contributed by atoms with Gasteiger partial charge in [-0.2, -0.15) is 0 Å². The predicted molar refractivity (Wildman–Crippen MR) is 108 cm³/mol. The fourth-order valence-electron chi connectivity index (χ4n) is 8.79. The minimum absolute atomic E-state index is 0.0336. The van der Waals surface area contributed by atoms with Crippen molar-refractivity contribution in [2.75, 3.05) is 0 Å². The highest BCUT2D eigenvalue weighted by molar-refractivity contribution is 5.14. The third kappa shape index (κ3) is 2.86. The highest BCUT2D eigenvalue weighted by Gasteiger charge is 2.65. The van der Waals surface area contributed by atoms with Crippen molar-refractivity contribution in [2.45, 2.75) is 104 Å². The summed E-state index contributed by atoms with van der Waals surface area (Å²) in [5.41, 5.74) is 0.146. The number of rotatable bonds is 3. The minimum Gasteiger partial charge on any atom is -0.393 e. The van der Waals surface area contributed by atoms with Crippen molar-refractivity contribution >= 4 is 0 Å². The van der Waals surface area contributed by atoms with E-state index in [0.29, 0.717) is 35.5 Å². The molecule has 0 aromatic heterocycles. The molecule has 4 aliphatic rings. The predicted octanol–water partition coefficient (Wildman–Crippen LogP) is 4.38. The first-order valence-corrected chi connectivity index (χ1v) is 11.8. The maximum Gasteiger partial charge on any atom is 0.0602 e. The van der Waals surface area contributed by atoms with Crippen molar-refractivity contribution in [3.8, 4) is 0 Å². The number of fused-ring (bicyclic) bond motifs is 5. The summed E-state index contributed by atoms with van der Waals surface area (Å²) in [4.78, 5) is 0. The second-order valence-corrected chi connectivity index (χ2v) is 11.3. The van der Waals surface area contributed by atoms with Gasteiger partial charge in [0.05, 0.1) is 18.3 Å². The Morgan fingerprint density at radius 3 is 2.41 bits per heavy atom. The molecule has 0 aromatic carbocycles. The summed E-state index contributed by atoms with van der Waals surface area (Å²) < 4.78 is 0. The SMILES string of the molecule is CCC[C@H](C)[C@H]1CC[C@H]2[C@@H]3[C@H](O)C[C@@H]4C[C@H](O)CC[C@]4(C)[C@H]3C[C@H](O)[C@]12C. The first-order chi connectivity index (χ1) is 12.7. The van der Waals surface area contributed by atoms with Gasteiger partial charge in [0.15, 0.2) is 0 Å². The van der Waals surface area contributed by atoms with Gasteiger partial charge in [0, 0.05) is 0 Å². The van der Waals surface area contributed by atoms with E-state index in [1.165, 1.54) is 25.7 Å². The van der Waals surface area contributed by atoms with E-state index < -0.39 is 0 Å². The van der Waals surface area contributed by atoms with Crippen LogP contribution in [0.2, 0.25) is 0 Å². The quantitative estimate of drug-likeness (QED) is 0.683. The maximum atomic E-state index is 11.5. The molecule has 0 radical (unpaired) electrons. The van der Waals surface area contributed by atoms with E-state index in [4.69, 9.17) is 0 Å². The van der Waals surface area contributed by atoms with E-state index in [2.05, 4.69) is 27.7 Å². The van der Waals surface area contributed by atoms with E-state index in [9.17, 15) is 15.3 Å². The van der Waals surface area contributed by atoms with Crippen molar-refractivity contribution in [1.82, 2.24) is 0 Å². The average molecular weight is 379 g/mol. The van der Waals surface area contributed by atoms with Crippen LogP contribution in [0.1, 0.15) is 85.5 Å². The summed E-state index contributed by atoms with van der Waals surface area (Å²) in [7, 11) is 0. The Hall–Kier alpha value is -0.120. The highest BCUT2D eigenvalue weighted by Crippen LogP contribution is 2.68. The van der Waals surface area contributed by atoms with Crippen LogP contribution in [-0.4, -0.2) is 33.6 Å². The molecule has 11 atom stereocenters. The first-order valence-electron chi connectivity index (χ1n) is 11.8. The molecular formula is C24H42O3. The molecule has 4 rings (SSSR count). The molecule has 3 N–H and O–H groups in total. The lowest BCUT2D eigenvalue weighted by molar-refractivity contribution is -0.207. The zero-order chi connectivity index (χ0) is 19.6. The molecule has 3 heteroatoms. The van der Waals surface area contributed by atoms with Crippen LogP contribution in [0.4, 0.5) is 0 Å². The fourth-order valence-corrected chi connectivity index (χ4v) is 8.79. The van der Waals surface area contributed by atoms with Gasteiger partial charge < -0.3 is 15.3 Å². The van der Waals surface area contributed by atoms with E-state index in [1.807, 2.05) is 0 Å². The summed E-state index contributed by atoms with van der Waals surface area (Å²) in [5.74, 6) is 2.86. The molecule has 0 heterocycles. The third-order valence-corrected chi connectivity index (χ3v) is 10.3. The van der Waals surface area contributed by atoms with Crippen LogP contribution in [0.3, 0.4) is 0 Å². The Bertz CT molecular complexity index is 550. The van der Waals surface area contributed by atoms with Gasteiger partial charge >= 0.3 is 0 Å². The molecule has 4 saturated carbocycles. The summed E-state index contributed by atoms with van der Waals surface area (Å²) in [6.07, 6.45) is 8.64. The van der Waals surface area contributed by atoms with E-state index in [0.717, 1.165) is 32.1 Å². The number of aliphatic hydroxyl groups is 3. The van der Waals surface area contributed by atoms with Gasteiger partial charge in [0.1, 0.15) is 0 Å². The molecule has 0 bridgehead atoms. The normalized spacial score (nSPS) is 56.1. The highest BCUT2D eigenvalue weighted by atomic mass is 16.3. The summed E-state index contributed by atoms with van der Waals surface area (Å²) >= 11 is 0. The van der Waals surface area contributed by atoms with E-state index in [1.54, 1.807) is 0 Å². The van der Waals surface area contributed by atoms with Gasteiger partial charge in [-0.1, -0.05) is 40.5 Å². The van der Waals surface area contributed by atoms with Gasteiger partial charge in [-0.05, 0) is 91.3 Å². The van der Waals surface area contributed by atoms with Gasteiger partial charge in [-0.15, -0.1) is 0 Å². The standard InChI is InChI=1S/C24H42O3/c1-5-6-14(2)17-7-8-18-22-19(13-21(27)24(17,18)4)23(3)10-9-16(25)11-15(23)12-20(22)26/h14-22,25-27H,5-13H2,1-4H3/t14-,15-,16+,17+,18-,19-,20+,21-,22-,23-,24+/m0/s1. The van der Waals surface area contributed by atoms with Gasteiger partial charge in [-0.25, -0.2) is 0 Å². The summed E-state index contributed by atoms with van der Waals surface area (Å²) in [5, 5.41) is 32.9. The summed E-state index contributed by atoms with van der Waals surface area (Å²) in [6.45, 7) is 9.42. The van der Waals surface area contributed by atoms with Crippen molar-refractivity contribution in [3.63, 3.8) is 0 Å². The lowest BCUT2D eigenvalue weighted by atomic mass is 9.43. The monoisotopic (exact) mass is 378 g/mol. The Morgan fingerprint density at radius 1 is 0.963 bits per heavy atom. The Morgan fingerprint density at radius 2 is 1.70 bits per heavy atom. The molecule has 0 aromatic rings. The zero-order valence-electron chi connectivity index (χ0n) is 17.9. The van der Waals surface area contributed by atoms with Gasteiger partial charge in [-0.3, -0.25) is 0 Å². The number of aliphatic hydroxyl groups excluding tert-OH is 3. The molecule has 0 unspecified atom stereocenters. The van der Waals surface area contributed by atoms with Crippen LogP contribution in [0.5, 0.6) is 0 Å². The first kappa shape index (κ1) is 20.2. The topological polar surface area (TPSA) is 60.7 Å². The average Bonchev–Trinajstić information content (AvgIpc) is 2.96. The van der Waals surface area contributed by atoms with Gasteiger partial charge in [0.25, 0.3) is 0 Å². The van der Waals surface area contributed by atoms with Crippen LogP contribution in [-0.2, 0) is 0 Å². The lowest BCUT2D eigenvalue weighted by Crippen LogP contribution is -2.62. The molecule has 156 valence electrons. The largest absolute Gasteiger partial charge is 0.393 e. The molecular weight excluding hydrogens is 336 g/mol. The molecule has 0 aliphatic heterocycles. The Balaban J connectivity index is 1.66. The lowest BCUT2D eigenvalue weighted by Gasteiger charge is -2.63. The molecule has 27 heavy (non-hydrogen) atoms. The van der Waals surface area contributed by atoms with Crippen molar-refractivity contribution in [3.05, 3.63) is 0 Å². The molecule has 4 fully saturated rings. The molecule has 0 spiro atoms. The van der Waals surface area contributed by atoms with Crippen molar-refractivity contribution < 1.29 is 15.3 Å². The third-order valence-electron chi connectivity index (χ3n) is 10.3. The van der Waals surface area contributed by atoms with E-state index >= 15 is 0 Å². The van der Waals surface area contributed by atoms with Crippen molar-refractivity contribution in [1.29, 1.82) is 0 Å². The molecule has 4 aliphatic carbocycles. The van der Waals surface area contributed by atoms with Crippen LogP contribution >= 0.6 is 0 Å². The van der Waals surface area contributed by atoms with Crippen LogP contribution < -0.4 is 0 Å². The molecule has 0 saturated heterocycles. The fraction of sp³-hybridized carbons (Fsp3) is 1.00. The smallest absolute Gasteiger partial charge is 0.0602 e. The Kier molecular flexibility index (Phi) is 5.22. The van der Waals surface area contributed by atoms with Gasteiger partial charge in [0.2, 0.25) is 0 Å². The molecule has 3 nitrogen and oxygen atoms in total. The minimum atomic E-state index is -0.254. The Labute approximate surface area is 165 Å². The zero-order valence-corrected chi connectivity index (χ0v) is 17.9. The maximum absolute atomic E-state index is 11.5. The number of hydrogen-bond donors (Lipinski definition) is 3. The van der Waals surface area contributed by atoms with E-state index in [-0.39, 0.29) is 29.1 Å². The second kappa shape index (κ2) is 6.99. The summed E-state index contributed by atoms with van der Waals surface area (Å²) in [6, 6.07) is 0.